The molecule has 0 aromatic heterocycles. The monoisotopic (exact) mass is 382 g/mol. The van der Waals surface area contributed by atoms with E-state index in [0.717, 1.165) is 0 Å². The molecule has 1 aliphatic carbocycles. The summed E-state index contributed by atoms with van der Waals surface area (Å²) in [5.74, 6) is 0. The third kappa shape index (κ3) is 11.1. The highest BCUT2D eigenvalue weighted by Crippen LogP contribution is 2.35. The average Bonchev–Trinajstić information content (AvgIpc) is 2.67. The topological polar surface area (TPSA) is 9.23 Å². The Morgan fingerprint density at radius 2 is 1.00 bits per heavy atom. The van der Waals surface area contributed by atoms with Gasteiger partial charge in [0.15, 0.2) is 8.32 Å². The lowest BCUT2D eigenvalue weighted by atomic mass is 9.98. The number of rotatable bonds is 17. The van der Waals surface area contributed by atoms with E-state index in [1.165, 1.54) is 127 Å². The van der Waals surface area contributed by atoms with Crippen molar-refractivity contribution in [3.8, 4) is 0 Å². The van der Waals surface area contributed by atoms with Crippen LogP contribution >= 0.6 is 0 Å². The van der Waals surface area contributed by atoms with Crippen LogP contribution in [-0.4, -0.2) is 14.4 Å². The molecule has 1 saturated carbocycles. The maximum Gasteiger partial charge on any atom is 0.193 e. The van der Waals surface area contributed by atoms with E-state index in [1.54, 1.807) is 0 Å². The molecular weight excluding hydrogens is 332 g/mol. The van der Waals surface area contributed by atoms with Gasteiger partial charge in [-0.2, -0.15) is 0 Å². The smallest absolute Gasteiger partial charge is 0.193 e. The van der Waals surface area contributed by atoms with Gasteiger partial charge in [-0.1, -0.05) is 117 Å². The summed E-state index contributed by atoms with van der Waals surface area (Å²) in [5, 5.41) is 0. The maximum absolute atomic E-state index is 7.16. The van der Waals surface area contributed by atoms with E-state index in [2.05, 4.69) is 20.8 Å². The highest BCUT2D eigenvalue weighted by molar-refractivity contribution is 6.73. The molecule has 0 unspecified atom stereocenters. The molecule has 0 radical (unpaired) electrons. The van der Waals surface area contributed by atoms with Crippen molar-refractivity contribution in [1.29, 1.82) is 0 Å². The summed E-state index contributed by atoms with van der Waals surface area (Å²) in [7, 11) is -1.53. The SMILES string of the molecule is CCCCCC[Si](CCCCCC)(CCCCCC)OC1CCCCC1. The molecule has 0 amide bonds. The predicted molar refractivity (Wildman–Crippen MR) is 121 cm³/mol. The lowest BCUT2D eigenvalue weighted by molar-refractivity contribution is 0.139. The minimum absolute atomic E-state index is 0.624. The van der Waals surface area contributed by atoms with Crippen molar-refractivity contribution in [2.24, 2.45) is 0 Å². The van der Waals surface area contributed by atoms with E-state index in [1.807, 2.05) is 0 Å². The summed E-state index contributed by atoms with van der Waals surface area (Å²) in [6.07, 6.45) is 24.5. The Labute approximate surface area is 167 Å². The molecule has 1 aliphatic rings. The van der Waals surface area contributed by atoms with Gasteiger partial charge >= 0.3 is 0 Å². The molecule has 1 fully saturated rings. The summed E-state index contributed by atoms with van der Waals surface area (Å²) in [5.41, 5.74) is 0. The number of hydrogen-bond donors (Lipinski definition) is 0. The van der Waals surface area contributed by atoms with Gasteiger partial charge in [-0.25, -0.2) is 0 Å². The first-order valence-electron chi connectivity index (χ1n) is 12.4. The molecule has 26 heavy (non-hydrogen) atoms. The quantitative estimate of drug-likeness (QED) is 0.180. The fourth-order valence-corrected chi connectivity index (χ4v) is 9.44. The summed E-state index contributed by atoms with van der Waals surface area (Å²) >= 11 is 0. The zero-order valence-electron chi connectivity index (χ0n) is 18.6. The minimum atomic E-state index is -1.53. The van der Waals surface area contributed by atoms with E-state index >= 15 is 0 Å². The van der Waals surface area contributed by atoms with Crippen molar-refractivity contribution in [3.05, 3.63) is 0 Å². The van der Waals surface area contributed by atoms with E-state index < -0.39 is 8.32 Å². The second kappa shape index (κ2) is 16.2. The van der Waals surface area contributed by atoms with E-state index in [9.17, 15) is 0 Å². The van der Waals surface area contributed by atoms with Crippen LogP contribution in [0, 0.1) is 0 Å². The molecule has 0 heterocycles. The third-order valence-corrected chi connectivity index (χ3v) is 11.1. The Balaban J connectivity index is 2.66. The van der Waals surface area contributed by atoms with Crippen molar-refractivity contribution in [2.45, 2.75) is 154 Å². The first-order chi connectivity index (χ1) is 12.8. The van der Waals surface area contributed by atoms with Gasteiger partial charge in [0.2, 0.25) is 0 Å². The van der Waals surface area contributed by atoms with E-state index in [-0.39, 0.29) is 0 Å². The summed E-state index contributed by atoms with van der Waals surface area (Å²) in [4.78, 5) is 0. The van der Waals surface area contributed by atoms with Crippen molar-refractivity contribution >= 4 is 8.32 Å². The third-order valence-electron chi connectivity index (χ3n) is 6.43. The average molecular weight is 383 g/mol. The van der Waals surface area contributed by atoms with Crippen molar-refractivity contribution in [2.75, 3.05) is 0 Å². The predicted octanol–water partition coefficient (Wildman–Crippen LogP) is 9.02. The Kier molecular flexibility index (Phi) is 15.1. The minimum Gasteiger partial charge on any atom is -0.414 e. The second-order valence-electron chi connectivity index (χ2n) is 8.99. The molecule has 0 aromatic carbocycles. The molecule has 2 heteroatoms. The van der Waals surface area contributed by atoms with Crippen LogP contribution < -0.4 is 0 Å². The van der Waals surface area contributed by atoms with Gasteiger partial charge < -0.3 is 4.43 Å². The van der Waals surface area contributed by atoms with Crippen molar-refractivity contribution in [3.63, 3.8) is 0 Å². The molecule has 0 bridgehead atoms. The van der Waals surface area contributed by atoms with Gasteiger partial charge in [0.1, 0.15) is 0 Å². The van der Waals surface area contributed by atoms with Gasteiger partial charge in [0, 0.05) is 6.10 Å². The van der Waals surface area contributed by atoms with Crippen LogP contribution in [0.25, 0.3) is 0 Å². The highest BCUT2D eigenvalue weighted by Gasteiger charge is 2.36. The van der Waals surface area contributed by atoms with E-state index in [0.29, 0.717) is 6.10 Å². The molecule has 0 aliphatic heterocycles. The van der Waals surface area contributed by atoms with Crippen LogP contribution in [0.3, 0.4) is 0 Å². The van der Waals surface area contributed by atoms with Gasteiger partial charge in [0.25, 0.3) is 0 Å². The van der Waals surface area contributed by atoms with Crippen LogP contribution in [0.5, 0.6) is 0 Å². The van der Waals surface area contributed by atoms with Gasteiger partial charge in [-0.3, -0.25) is 0 Å². The first-order valence-corrected chi connectivity index (χ1v) is 15.0. The summed E-state index contributed by atoms with van der Waals surface area (Å²) in [6.45, 7) is 7.00. The zero-order valence-corrected chi connectivity index (χ0v) is 19.6. The molecule has 156 valence electrons. The van der Waals surface area contributed by atoms with Crippen LogP contribution in [0.2, 0.25) is 18.1 Å². The highest BCUT2D eigenvalue weighted by atomic mass is 28.4. The lowest BCUT2D eigenvalue weighted by Gasteiger charge is -2.37. The zero-order chi connectivity index (χ0) is 18.9. The Morgan fingerprint density at radius 1 is 0.577 bits per heavy atom. The van der Waals surface area contributed by atoms with Crippen LogP contribution in [0.4, 0.5) is 0 Å². The molecule has 0 aromatic rings. The molecule has 0 atom stereocenters. The van der Waals surface area contributed by atoms with Gasteiger partial charge in [-0.05, 0) is 31.0 Å². The van der Waals surface area contributed by atoms with Gasteiger partial charge in [0.05, 0.1) is 0 Å². The molecule has 0 saturated heterocycles. The molecule has 0 N–H and O–H groups in total. The standard InChI is InChI=1S/C24H50OSi/c1-4-7-10-16-21-26(22-17-11-8-5-2,23-18-12-9-6-3)25-24-19-14-13-15-20-24/h24H,4-23H2,1-3H3. The first kappa shape index (κ1) is 24.2. The Morgan fingerprint density at radius 3 is 1.38 bits per heavy atom. The number of unbranched alkanes of at least 4 members (excludes halogenated alkanes) is 9. The Hall–Kier alpha value is 0.177. The molecule has 1 rings (SSSR count). The number of hydrogen-bond acceptors (Lipinski definition) is 1. The molecule has 0 spiro atoms. The molecule has 1 nitrogen and oxygen atoms in total. The fourth-order valence-electron chi connectivity index (χ4n) is 4.71. The normalized spacial score (nSPS) is 16.3. The Bertz CT molecular complexity index is 267. The van der Waals surface area contributed by atoms with Crippen molar-refractivity contribution < 1.29 is 4.43 Å². The van der Waals surface area contributed by atoms with Crippen LogP contribution in [0.1, 0.15) is 130 Å². The van der Waals surface area contributed by atoms with Crippen molar-refractivity contribution in [1.82, 2.24) is 0 Å². The summed E-state index contributed by atoms with van der Waals surface area (Å²) < 4.78 is 7.16. The lowest BCUT2D eigenvalue weighted by Crippen LogP contribution is -2.42. The second-order valence-corrected chi connectivity index (χ2v) is 13.1. The van der Waals surface area contributed by atoms with E-state index in [4.69, 9.17) is 4.43 Å². The molecular formula is C24H50OSi. The largest absolute Gasteiger partial charge is 0.414 e. The van der Waals surface area contributed by atoms with Crippen LogP contribution in [0.15, 0.2) is 0 Å². The van der Waals surface area contributed by atoms with Gasteiger partial charge in [-0.15, -0.1) is 0 Å². The maximum atomic E-state index is 7.16. The van der Waals surface area contributed by atoms with Crippen LogP contribution in [-0.2, 0) is 4.43 Å². The summed E-state index contributed by atoms with van der Waals surface area (Å²) in [6, 6.07) is 4.38. The fraction of sp³-hybridized carbons (Fsp3) is 1.00.